The highest BCUT2D eigenvalue weighted by atomic mass is 19.1. The average molecular weight is 412 g/mol. The molecule has 160 valence electrons. The Kier molecular flexibility index (Phi) is 6.84. The molecular formula is C24H30FN3O2. The number of carbonyl (C=O) groups is 1. The number of alkyl halides is 1. The van der Waals surface area contributed by atoms with Gasteiger partial charge in [0.05, 0.1) is 31.1 Å². The summed E-state index contributed by atoms with van der Waals surface area (Å²) in [4.78, 5) is 18.7. The molecule has 30 heavy (non-hydrogen) atoms. The largest absolute Gasteiger partial charge is 0.378 e. The number of benzene rings is 2. The molecule has 2 aliphatic heterocycles. The lowest BCUT2D eigenvalue weighted by Crippen LogP contribution is -2.39. The van der Waals surface area contributed by atoms with E-state index in [1.54, 1.807) is 4.90 Å². The first-order valence-electron chi connectivity index (χ1n) is 10.9. The van der Waals surface area contributed by atoms with E-state index in [9.17, 15) is 9.18 Å². The van der Waals surface area contributed by atoms with Gasteiger partial charge in [-0.05, 0) is 49.1 Å². The van der Waals surface area contributed by atoms with Gasteiger partial charge in [0.25, 0.3) is 5.91 Å². The smallest absolute Gasteiger partial charge is 0.258 e. The second-order valence-corrected chi connectivity index (χ2v) is 7.92. The summed E-state index contributed by atoms with van der Waals surface area (Å²) < 4.78 is 18.9. The number of hydrogen-bond donors (Lipinski definition) is 0. The Balaban J connectivity index is 1.56. The third-order valence-electron chi connectivity index (χ3n) is 5.94. The summed E-state index contributed by atoms with van der Waals surface area (Å²) in [6.07, 6.45) is 3.77. The normalized spacial score (nSPS) is 17.1. The maximum Gasteiger partial charge on any atom is 0.258 e. The van der Waals surface area contributed by atoms with Gasteiger partial charge in [-0.1, -0.05) is 24.3 Å². The molecule has 0 aliphatic carbocycles. The van der Waals surface area contributed by atoms with E-state index in [2.05, 4.69) is 34.1 Å². The molecule has 0 saturated carbocycles. The molecule has 2 saturated heterocycles. The predicted octanol–water partition coefficient (Wildman–Crippen LogP) is 4.02. The van der Waals surface area contributed by atoms with E-state index >= 15 is 0 Å². The van der Waals surface area contributed by atoms with Crippen molar-refractivity contribution in [2.75, 3.05) is 60.8 Å². The monoisotopic (exact) mass is 411 g/mol. The lowest BCUT2D eigenvalue weighted by molar-refractivity contribution is -0.119. The molecule has 0 spiro atoms. The number of piperidine rings is 1. The Labute approximate surface area is 178 Å². The number of morpholine rings is 1. The van der Waals surface area contributed by atoms with Gasteiger partial charge in [0, 0.05) is 31.9 Å². The summed E-state index contributed by atoms with van der Waals surface area (Å²) in [5.41, 5.74) is 3.92. The molecule has 0 N–H and O–H groups in total. The Morgan fingerprint density at radius 1 is 0.900 bits per heavy atom. The highest BCUT2D eigenvalue weighted by Crippen LogP contribution is 2.31. The van der Waals surface area contributed by atoms with E-state index in [4.69, 9.17) is 4.74 Å². The second-order valence-electron chi connectivity index (χ2n) is 7.92. The van der Waals surface area contributed by atoms with Crippen LogP contribution in [0.2, 0.25) is 0 Å². The Bertz CT molecular complexity index is 831. The van der Waals surface area contributed by atoms with Crippen molar-refractivity contribution in [3.8, 4) is 0 Å². The first-order valence-corrected chi connectivity index (χ1v) is 10.9. The summed E-state index contributed by atoms with van der Waals surface area (Å²) >= 11 is 0. The molecule has 0 unspecified atom stereocenters. The van der Waals surface area contributed by atoms with E-state index in [1.807, 2.05) is 24.3 Å². The van der Waals surface area contributed by atoms with Gasteiger partial charge in [0.2, 0.25) is 0 Å². The van der Waals surface area contributed by atoms with Crippen LogP contribution in [0, 0.1) is 0 Å². The van der Waals surface area contributed by atoms with Crippen molar-refractivity contribution in [2.24, 2.45) is 0 Å². The summed E-state index contributed by atoms with van der Waals surface area (Å²) in [5.74, 6) is -0.518. The van der Waals surface area contributed by atoms with Crippen LogP contribution in [0.3, 0.4) is 0 Å². The van der Waals surface area contributed by atoms with Gasteiger partial charge in [-0.25, -0.2) is 4.39 Å². The van der Waals surface area contributed by atoms with Gasteiger partial charge in [-0.3, -0.25) is 4.79 Å². The molecule has 2 aliphatic rings. The molecule has 6 heteroatoms. The van der Waals surface area contributed by atoms with Gasteiger partial charge in [-0.2, -0.15) is 0 Å². The lowest BCUT2D eigenvalue weighted by atomic mass is 10.1. The van der Waals surface area contributed by atoms with Crippen LogP contribution < -0.4 is 14.7 Å². The number of ether oxygens (including phenoxy) is 1. The molecule has 0 atom stereocenters. The minimum absolute atomic E-state index is 0.352. The minimum atomic E-state index is -1.01. The van der Waals surface area contributed by atoms with Crippen LogP contribution in [0.1, 0.15) is 24.8 Å². The highest BCUT2D eigenvalue weighted by Gasteiger charge is 2.23. The Hall–Kier alpha value is -2.60. The number of rotatable bonds is 6. The van der Waals surface area contributed by atoms with Crippen LogP contribution in [-0.2, 0) is 16.1 Å². The van der Waals surface area contributed by atoms with Crippen molar-refractivity contribution in [1.29, 1.82) is 0 Å². The van der Waals surface area contributed by atoms with E-state index in [0.29, 0.717) is 19.8 Å². The zero-order valence-electron chi connectivity index (χ0n) is 17.4. The van der Waals surface area contributed by atoms with E-state index < -0.39 is 12.6 Å². The zero-order valence-corrected chi connectivity index (χ0v) is 17.4. The number of amides is 1. The standard InChI is InChI=1S/C24H30FN3O2/c25-18-24(29)28(23-7-3-2-6-22(23)27-14-16-30-17-15-27)19-20-8-10-21(11-9-20)26-12-4-1-5-13-26/h2-3,6-11H,1,4-5,12-19H2. The summed E-state index contributed by atoms with van der Waals surface area (Å²) in [5, 5.41) is 0. The van der Waals surface area contributed by atoms with Crippen molar-refractivity contribution in [2.45, 2.75) is 25.8 Å². The fourth-order valence-corrected chi connectivity index (χ4v) is 4.29. The molecule has 2 fully saturated rings. The number of halogens is 1. The Morgan fingerprint density at radius 2 is 1.60 bits per heavy atom. The molecule has 5 nitrogen and oxygen atoms in total. The van der Waals surface area contributed by atoms with Crippen LogP contribution >= 0.6 is 0 Å². The maximum atomic E-state index is 13.5. The van der Waals surface area contributed by atoms with Gasteiger partial charge in [0.15, 0.2) is 6.67 Å². The van der Waals surface area contributed by atoms with Crippen LogP contribution in [0.15, 0.2) is 48.5 Å². The molecule has 4 rings (SSSR count). The molecule has 2 aromatic rings. The molecule has 0 bridgehead atoms. The number of para-hydroxylation sites is 2. The van der Waals surface area contributed by atoms with Crippen molar-refractivity contribution in [3.63, 3.8) is 0 Å². The Morgan fingerprint density at radius 3 is 2.30 bits per heavy atom. The summed E-state index contributed by atoms with van der Waals surface area (Å²) in [6, 6.07) is 16.1. The number of nitrogens with zero attached hydrogens (tertiary/aromatic N) is 3. The number of hydrogen-bond acceptors (Lipinski definition) is 4. The number of carbonyl (C=O) groups excluding carboxylic acids is 1. The third kappa shape index (κ3) is 4.75. The SMILES string of the molecule is O=C(CF)N(Cc1ccc(N2CCCCC2)cc1)c1ccccc1N1CCOCC1. The zero-order chi connectivity index (χ0) is 20.8. The van der Waals surface area contributed by atoms with Crippen molar-refractivity contribution < 1.29 is 13.9 Å². The van der Waals surface area contributed by atoms with E-state index in [-0.39, 0.29) is 0 Å². The van der Waals surface area contributed by atoms with Crippen molar-refractivity contribution >= 4 is 23.0 Å². The predicted molar refractivity (Wildman–Crippen MR) is 119 cm³/mol. The quantitative estimate of drug-likeness (QED) is 0.720. The van der Waals surface area contributed by atoms with Crippen molar-refractivity contribution in [1.82, 2.24) is 0 Å². The first-order chi connectivity index (χ1) is 14.8. The fraction of sp³-hybridized carbons (Fsp3) is 0.458. The van der Waals surface area contributed by atoms with Gasteiger partial charge >= 0.3 is 0 Å². The van der Waals surface area contributed by atoms with Crippen LogP contribution in [0.4, 0.5) is 21.5 Å². The highest BCUT2D eigenvalue weighted by molar-refractivity contribution is 5.97. The molecule has 2 aromatic carbocycles. The topological polar surface area (TPSA) is 36.0 Å². The van der Waals surface area contributed by atoms with Gasteiger partial charge in [0.1, 0.15) is 0 Å². The first kappa shape index (κ1) is 20.7. The van der Waals surface area contributed by atoms with E-state index in [0.717, 1.165) is 43.1 Å². The minimum Gasteiger partial charge on any atom is -0.378 e. The average Bonchev–Trinajstić information content (AvgIpc) is 2.83. The fourth-order valence-electron chi connectivity index (χ4n) is 4.29. The van der Waals surface area contributed by atoms with E-state index in [1.165, 1.54) is 24.9 Å². The van der Waals surface area contributed by atoms with Crippen LogP contribution in [0.5, 0.6) is 0 Å². The summed E-state index contributed by atoms with van der Waals surface area (Å²) in [6.45, 7) is 4.37. The molecular weight excluding hydrogens is 381 g/mol. The van der Waals surface area contributed by atoms with Gasteiger partial charge < -0.3 is 19.4 Å². The summed E-state index contributed by atoms with van der Waals surface area (Å²) in [7, 11) is 0. The third-order valence-corrected chi connectivity index (χ3v) is 5.94. The molecule has 2 heterocycles. The van der Waals surface area contributed by atoms with Crippen LogP contribution in [0.25, 0.3) is 0 Å². The number of anilines is 3. The molecule has 0 aromatic heterocycles. The lowest BCUT2D eigenvalue weighted by Gasteiger charge is -2.33. The van der Waals surface area contributed by atoms with Crippen LogP contribution in [-0.4, -0.2) is 52.0 Å². The maximum absolute atomic E-state index is 13.5. The van der Waals surface area contributed by atoms with Gasteiger partial charge in [-0.15, -0.1) is 0 Å². The molecule has 1 amide bonds. The second kappa shape index (κ2) is 9.94. The molecule has 0 radical (unpaired) electrons. The van der Waals surface area contributed by atoms with Crippen molar-refractivity contribution in [3.05, 3.63) is 54.1 Å².